The van der Waals surface area contributed by atoms with Crippen molar-refractivity contribution in [1.82, 2.24) is 9.97 Å². The molecule has 108 valence electrons. The lowest BCUT2D eigenvalue weighted by Gasteiger charge is -2.02. The zero-order chi connectivity index (χ0) is 15.4. The number of rotatable bonds is 4. The highest BCUT2D eigenvalue weighted by molar-refractivity contribution is 6.10. The fourth-order valence-corrected chi connectivity index (χ4v) is 1.98. The minimum atomic E-state index is 0.187. The van der Waals surface area contributed by atoms with E-state index in [1.807, 2.05) is 54.6 Å². The quantitative estimate of drug-likeness (QED) is 0.571. The average molecular weight is 291 g/mol. The molecule has 6 heteroatoms. The first-order valence-electron chi connectivity index (χ1n) is 6.63. The number of hydrazone groups is 1. The van der Waals surface area contributed by atoms with Crippen LogP contribution in [0.25, 0.3) is 11.0 Å². The molecule has 0 amide bonds. The van der Waals surface area contributed by atoms with E-state index >= 15 is 0 Å². The van der Waals surface area contributed by atoms with Crippen LogP contribution >= 0.6 is 0 Å². The largest absolute Gasteiger partial charge is 0.497 e. The molecule has 0 aliphatic carbocycles. The van der Waals surface area contributed by atoms with Gasteiger partial charge in [0, 0.05) is 0 Å². The van der Waals surface area contributed by atoms with Gasteiger partial charge >= 0.3 is 0 Å². The maximum Gasteiger partial charge on any atom is 0.203 e. The molecule has 3 rings (SSSR count). The monoisotopic (exact) mass is 291 g/mol. The number of nitrogens with one attached hydrogen (secondary N) is 2. The lowest BCUT2D eigenvalue weighted by Crippen LogP contribution is -2.03. The Bertz CT molecular complexity index is 825. The lowest BCUT2D eigenvalue weighted by molar-refractivity contribution is 0.415. The number of anilines is 1. The third-order valence-corrected chi connectivity index (χ3v) is 3.11. The fraction of sp³-hybridized carbons (Fsp3) is 0.0625. The van der Waals surface area contributed by atoms with E-state index in [1.54, 1.807) is 7.11 Å². The van der Waals surface area contributed by atoms with Crippen LogP contribution in [0.2, 0.25) is 0 Å². The van der Waals surface area contributed by atoms with Crippen LogP contribution in [0, 0.1) is 11.3 Å². The van der Waals surface area contributed by atoms with Gasteiger partial charge in [0.05, 0.1) is 23.8 Å². The van der Waals surface area contributed by atoms with E-state index < -0.39 is 0 Å². The maximum atomic E-state index is 9.26. The Morgan fingerprint density at radius 3 is 2.68 bits per heavy atom. The van der Waals surface area contributed by atoms with Crippen molar-refractivity contribution in [1.29, 1.82) is 5.26 Å². The van der Waals surface area contributed by atoms with Crippen LogP contribution in [-0.2, 0) is 0 Å². The van der Waals surface area contributed by atoms with Gasteiger partial charge in [0.2, 0.25) is 5.71 Å². The van der Waals surface area contributed by atoms with Gasteiger partial charge in [-0.05, 0) is 36.4 Å². The van der Waals surface area contributed by atoms with Crippen LogP contribution in [0.3, 0.4) is 0 Å². The van der Waals surface area contributed by atoms with Gasteiger partial charge in [-0.2, -0.15) is 10.4 Å². The zero-order valence-electron chi connectivity index (χ0n) is 11.9. The maximum absolute atomic E-state index is 9.26. The molecular formula is C16H13N5O. The topological polar surface area (TPSA) is 86.1 Å². The van der Waals surface area contributed by atoms with Crippen molar-refractivity contribution in [3.05, 3.63) is 54.4 Å². The van der Waals surface area contributed by atoms with Crippen molar-refractivity contribution in [3.63, 3.8) is 0 Å². The number of methoxy groups -OCH3 is 1. The minimum Gasteiger partial charge on any atom is -0.497 e. The number of H-pyrrole nitrogens is 1. The van der Waals surface area contributed by atoms with Gasteiger partial charge in [-0.15, -0.1) is 0 Å². The highest BCUT2D eigenvalue weighted by Crippen LogP contribution is 2.15. The summed E-state index contributed by atoms with van der Waals surface area (Å²) < 4.78 is 5.09. The van der Waals surface area contributed by atoms with Gasteiger partial charge in [0.1, 0.15) is 11.8 Å². The van der Waals surface area contributed by atoms with Crippen LogP contribution in [0.15, 0.2) is 53.6 Å². The molecule has 1 aromatic heterocycles. The molecule has 0 saturated carbocycles. The predicted octanol–water partition coefficient (Wildman–Crippen LogP) is 2.91. The Morgan fingerprint density at radius 1 is 1.23 bits per heavy atom. The second kappa shape index (κ2) is 5.97. The highest BCUT2D eigenvalue weighted by Gasteiger charge is 2.08. The van der Waals surface area contributed by atoms with Crippen molar-refractivity contribution < 1.29 is 4.74 Å². The molecule has 0 aliphatic rings. The van der Waals surface area contributed by atoms with Crippen LogP contribution in [0.5, 0.6) is 5.75 Å². The average Bonchev–Trinajstić information content (AvgIpc) is 3.00. The normalized spacial score (nSPS) is 11.2. The number of ether oxygens (including phenoxy) is 1. The molecule has 2 aromatic carbocycles. The molecule has 22 heavy (non-hydrogen) atoms. The summed E-state index contributed by atoms with van der Waals surface area (Å²) in [5, 5.41) is 13.4. The van der Waals surface area contributed by atoms with Crippen molar-refractivity contribution in [2.75, 3.05) is 12.5 Å². The first kappa shape index (κ1) is 13.6. The van der Waals surface area contributed by atoms with E-state index in [4.69, 9.17) is 4.74 Å². The van der Waals surface area contributed by atoms with E-state index in [1.165, 1.54) is 0 Å². The van der Waals surface area contributed by atoms with Crippen molar-refractivity contribution in [3.8, 4) is 11.8 Å². The second-order valence-corrected chi connectivity index (χ2v) is 4.52. The van der Waals surface area contributed by atoms with Crippen LogP contribution in [0.4, 0.5) is 5.69 Å². The SMILES string of the molecule is COc1ccc(N/N=C(\C#N)c2nc3ccccc3[nH]2)cc1. The van der Waals surface area contributed by atoms with Gasteiger partial charge < -0.3 is 9.72 Å². The molecule has 0 atom stereocenters. The molecular weight excluding hydrogens is 278 g/mol. The van der Waals surface area contributed by atoms with Crippen LogP contribution in [0.1, 0.15) is 5.82 Å². The summed E-state index contributed by atoms with van der Waals surface area (Å²) in [5.74, 6) is 1.19. The number of hydrogen-bond acceptors (Lipinski definition) is 5. The summed E-state index contributed by atoms with van der Waals surface area (Å²) in [6, 6.07) is 16.9. The number of fused-ring (bicyclic) bond motifs is 1. The summed E-state index contributed by atoms with van der Waals surface area (Å²) >= 11 is 0. The number of aromatic amines is 1. The molecule has 0 radical (unpaired) electrons. The lowest BCUT2D eigenvalue weighted by atomic mass is 10.3. The summed E-state index contributed by atoms with van der Waals surface area (Å²) in [4.78, 5) is 7.43. The van der Waals surface area contributed by atoms with E-state index in [-0.39, 0.29) is 5.71 Å². The van der Waals surface area contributed by atoms with Crippen molar-refractivity contribution in [2.45, 2.75) is 0 Å². The Kier molecular flexibility index (Phi) is 3.70. The molecule has 3 aromatic rings. The Morgan fingerprint density at radius 2 is 2.00 bits per heavy atom. The Balaban J connectivity index is 1.84. The second-order valence-electron chi connectivity index (χ2n) is 4.52. The summed E-state index contributed by atoms with van der Waals surface area (Å²) in [5.41, 5.74) is 5.44. The van der Waals surface area contributed by atoms with Gasteiger partial charge in [0.15, 0.2) is 5.82 Å². The molecule has 0 unspecified atom stereocenters. The first-order chi connectivity index (χ1) is 10.8. The third-order valence-electron chi connectivity index (χ3n) is 3.11. The molecule has 0 spiro atoms. The number of imidazole rings is 1. The van der Waals surface area contributed by atoms with Crippen LogP contribution in [-0.4, -0.2) is 22.8 Å². The van der Waals surface area contributed by atoms with E-state index in [9.17, 15) is 5.26 Å². The van der Waals surface area contributed by atoms with Gasteiger partial charge in [-0.1, -0.05) is 12.1 Å². The van der Waals surface area contributed by atoms with Crippen molar-refractivity contribution >= 4 is 22.4 Å². The fourth-order valence-electron chi connectivity index (χ4n) is 1.98. The van der Waals surface area contributed by atoms with Crippen LogP contribution < -0.4 is 10.2 Å². The summed E-state index contributed by atoms with van der Waals surface area (Å²) in [6.07, 6.45) is 0. The summed E-state index contributed by atoms with van der Waals surface area (Å²) in [6.45, 7) is 0. The van der Waals surface area contributed by atoms with E-state index in [0.29, 0.717) is 5.82 Å². The zero-order valence-corrected chi connectivity index (χ0v) is 11.9. The first-order valence-corrected chi connectivity index (χ1v) is 6.63. The van der Waals surface area contributed by atoms with Crippen molar-refractivity contribution in [2.24, 2.45) is 5.10 Å². The number of nitrogens with zero attached hydrogens (tertiary/aromatic N) is 3. The number of nitriles is 1. The van der Waals surface area contributed by atoms with Gasteiger partial charge in [0.25, 0.3) is 0 Å². The molecule has 6 nitrogen and oxygen atoms in total. The predicted molar refractivity (Wildman–Crippen MR) is 84.9 cm³/mol. The third kappa shape index (κ3) is 2.74. The molecule has 0 fully saturated rings. The number of benzene rings is 2. The number of aromatic nitrogens is 2. The summed E-state index contributed by atoms with van der Waals surface area (Å²) in [7, 11) is 1.61. The van der Waals surface area contributed by atoms with E-state index in [2.05, 4.69) is 20.5 Å². The molecule has 0 saturated heterocycles. The van der Waals surface area contributed by atoms with Gasteiger partial charge in [-0.3, -0.25) is 5.43 Å². The number of para-hydroxylation sites is 2. The standard InChI is InChI=1S/C16H13N5O/c1-22-12-8-6-11(7-9-12)20-21-15(10-17)16-18-13-4-2-3-5-14(13)19-16/h2-9,20H,1H3,(H,18,19)/b21-15+. The van der Waals surface area contributed by atoms with E-state index in [0.717, 1.165) is 22.5 Å². The Hall–Kier alpha value is -3.33. The molecule has 2 N–H and O–H groups in total. The molecule has 1 heterocycles. The molecule has 0 aliphatic heterocycles. The highest BCUT2D eigenvalue weighted by atomic mass is 16.5. The molecule has 0 bridgehead atoms. The Labute approximate surface area is 127 Å². The van der Waals surface area contributed by atoms with Gasteiger partial charge in [-0.25, -0.2) is 4.98 Å². The minimum absolute atomic E-state index is 0.187. The number of hydrogen-bond donors (Lipinski definition) is 2. The smallest absolute Gasteiger partial charge is 0.203 e.